The number of nitrogens with zero attached hydrogens (tertiary/aromatic N) is 4. The topological polar surface area (TPSA) is 72.7 Å². The summed E-state index contributed by atoms with van der Waals surface area (Å²) < 4.78 is 2.01. The fourth-order valence-corrected chi connectivity index (χ4v) is 3.25. The van der Waals surface area contributed by atoms with E-state index in [9.17, 15) is 4.79 Å². The number of para-hydroxylation sites is 1. The smallest absolute Gasteiger partial charge is 0.260 e. The Balaban J connectivity index is 1.74. The van der Waals surface area contributed by atoms with Gasteiger partial charge in [-0.2, -0.15) is 0 Å². The molecule has 1 fully saturated rings. The Morgan fingerprint density at radius 3 is 2.67 bits per heavy atom. The number of carbonyl (C=O) groups is 1. The molecule has 0 aliphatic heterocycles. The summed E-state index contributed by atoms with van der Waals surface area (Å²) in [7, 11) is 0. The summed E-state index contributed by atoms with van der Waals surface area (Å²) in [6.07, 6.45) is 2.22. The zero-order chi connectivity index (χ0) is 16.8. The number of rotatable bonds is 3. The third kappa shape index (κ3) is 2.35. The Morgan fingerprint density at radius 1 is 1.17 bits per heavy atom. The highest BCUT2D eigenvalue weighted by molar-refractivity contribution is 6.07. The highest BCUT2D eigenvalue weighted by atomic mass is 16.1. The van der Waals surface area contributed by atoms with Crippen LogP contribution in [0.1, 0.15) is 46.3 Å². The van der Waals surface area contributed by atoms with E-state index in [1.54, 1.807) is 0 Å². The molecule has 0 atom stereocenters. The minimum atomic E-state index is -0.183. The zero-order valence-corrected chi connectivity index (χ0v) is 14.0. The highest BCUT2D eigenvalue weighted by Gasteiger charge is 2.29. The van der Waals surface area contributed by atoms with Crippen molar-refractivity contribution in [3.05, 3.63) is 46.9 Å². The molecule has 1 N–H and O–H groups in total. The molecule has 1 aliphatic rings. The van der Waals surface area contributed by atoms with Gasteiger partial charge in [-0.1, -0.05) is 18.2 Å². The molecule has 3 aromatic rings. The van der Waals surface area contributed by atoms with Gasteiger partial charge >= 0.3 is 0 Å². The van der Waals surface area contributed by atoms with Crippen molar-refractivity contribution in [2.24, 2.45) is 0 Å². The van der Waals surface area contributed by atoms with E-state index in [0.29, 0.717) is 17.6 Å². The largest absolute Gasteiger partial charge is 0.294 e. The van der Waals surface area contributed by atoms with Crippen molar-refractivity contribution in [2.45, 2.75) is 39.7 Å². The molecule has 2 heterocycles. The normalized spacial score (nSPS) is 14.1. The van der Waals surface area contributed by atoms with Crippen LogP contribution in [0.5, 0.6) is 0 Å². The fraction of sp³-hybridized carbons (Fsp3) is 0.333. The van der Waals surface area contributed by atoms with Gasteiger partial charge in [0.25, 0.3) is 5.91 Å². The van der Waals surface area contributed by atoms with Gasteiger partial charge in [0, 0.05) is 11.4 Å². The Hall–Kier alpha value is -2.76. The molecule has 6 nitrogen and oxygen atoms in total. The first-order valence-corrected chi connectivity index (χ1v) is 8.15. The second-order valence-corrected chi connectivity index (χ2v) is 6.34. The quantitative estimate of drug-likeness (QED) is 0.803. The number of aromatic nitrogens is 4. The highest BCUT2D eigenvalue weighted by Crippen LogP contribution is 2.37. The van der Waals surface area contributed by atoms with Gasteiger partial charge in [-0.15, -0.1) is 10.2 Å². The van der Waals surface area contributed by atoms with E-state index in [2.05, 4.69) is 20.5 Å². The lowest BCUT2D eigenvalue weighted by Gasteiger charge is -2.13. The molecule has 1 amide bonds. The van der Waals surface area contributed by atoms with E-state index < -0.39 is 0 Å². The summed E-state index contributed by atoms with van der Waals surface area (Å²) in [5, 5.41) is 12.1. The van der Waals surface area contributed by atoms with Crippen LogP contribution in [0.3, 0.4) is 0 Å². The van der Waals surface area contributed by atoms with Crippen molar-refractivity contribution in [3.8, 4) is 0 Å². The first kappa shape index (κ1) is 14.8. The second-order valence-electron chi connectivity index (χ2n) is 6.34. The van der Waals surface area contributed by atoms with Crippen LogP contribution in [0.4, 0.5) is 5.95 Å². The summed E-state index contributed by atoms with van der Waals surface area (Å²) in [5.41, 5.74) is 3.17. The maximum Gasteiger partial charge on any atom is 0.260 e. The lowest BCUT2D eigenvalue weighted by molar-refractivity contribution is 0.102. The van der Waals surface area contributed by atoms with Crippen LogP contribution in [0.25, 0.3) is 10.9 Å². The predicted molar refractivity (Wildman–Crippen MR) is 92.2 cm³/mol. The van der Waals surface area contributed by atoms with Crippen LogP contribution >= 0.6 is 0 Å². The van der Waals surface area contributed by atoms with E-state index in [1.165, 1.54) is 0 Å². The van der Waals surface area contributed by atoms with Crippen molar-refractivity contribution < 1.29 is 4.79 Å². The van der Waals surface area contributed by atoms with Gasteiger partial charge in [-0.05, 0) is 45.2 Å². The van der Waals surface area contributed by atoms with Gasteiger partial charge in [-0.3, -0.25) is 19.7 Å². The number of hydrogen-bond acceptors (Lipinski definition) is 4. The van der Waals surface area contributed by atoms with Crippen molar-refractivity contribution in [3.63, 3.8) is 0 Å². The number of amides is 1. The Morgan fingerprint density at radius 2 is 1.92 bits per heavy atom. The molecule has 0 bridgehead atoms. The second kappa shape index (κ2) is 5.40. The van der Waals surface area contributed by atoms with Crippen molar-refractivity contribution in [2.75, 3.05) is 5.32 Å². The van der Waals surface area contributed by atoms with Crippen LogP contribution in [-0.2, 0) is 0 Å². The van der Waals surface area contributed by atoms with Crippen LogP contribution in [0.15, 0.2) is 24.3 Å². The molecular weight excluding hydrogens is 302 g/mol. The standard InChI is InChI=1S/C18H19N5O/c1-10-14-6-4-5-7-15(14)19-11(2)16(10)17(24)20-18-22-21-12(3)23(18)13-8-9-13/h4-7,13H,8-9H2,1-3H3,(H,20,22,24). The van der Waals surface area contributed by atoms with Gasteiger partial charge in [0.1, 0.15) is 5.82 Å². The monoisotopic (exact) mass is 321 g/mol. The van der Waals surface area contributed by atoms with Crippen molar-refractivity contribution >= 4 is 22.8 Å². The molecule has 24 heavy (non-hydrogen) atoms. The number of pyridine rings is 1. The lowest BCUT2D eigenvalue weighted by Crippen LogP contribution is -2.19. The van der Waals surface area contributed by atoms with Crippen LogP contribution in [-0.4, -0.2) is 25.7 Å². The number of benzene rings is 1. The number of carbonyl (C=O) groups excluding carboxylic acids is 1. The van der Waals surface area contributed by atoms with E-state index in [0.717, 1.165) is 40.8 Å². The minimum Gasteiger partial charge on any atom is -0.294 e. The molecule has 6 heteroatoms. The molecule has 2 aromatic heterocycles. The van der Waals surface area contributed by atoms with E-state index in [4.69, 9.17) is 0 Å². The molecule has 0 spiro atoms. The number of hydrogen-bond donors (Lipinski definition) is 1. The molecule has 0 unspecified atom stereocenters. The van der Waals surface area contributed by atoms with Gasteiger partial charge in [0.2, 0.25) is 5.95 Å². The molecule has 0 saturated heterocycles. The summed E-state index contributed by atoms with van der Waals surface area (Å²) in [4.78, 5) is 17.4. The third-order valence-corrected chi connectivity index (χ3v) is 4.56. The van der Waals surface area contributed by atoms with E-state index in [1.807, 2.05) is 49.6 Å². The van der Waals surface area contributed by atoms with E-state index >= 15 is 0 Å². The first-order valence-electron chi connectivity index (χ1n) is 8.15. The molecule has 1 saturated carbocycles. The van der Waals surface area contributed by atoms with E-state index in [-0.39, 0.29) is 5.91 Å². The maximum absolute atomic E-state index is 12.9. The van der Waals surface area contributed by atoms with Crippen LogP contribution < -0.4 is 5.32 Å². The average Bonchev–Trinajstić information content (AvgIpc) is 3.32. The summed E-state index contributed by atoms with van der Waals surface area (Å²) >= 11 is 0. The number of aryl methyl sites for hydroxylation is 3. The van der Waals surface area contributed by atoms with Gasteiger partial charge in [0.15, 0.2) is 0 Å². The fourth-order valence-electron chi connectivity index (χ4n) is 3.25. The molecule has 1 aliphatic carbocycles. The number of fused-ring (bicyclic) bond motifs is 1. The summed E-state index contributed by atoms with van der Waals surface area (Å²) in [5.74, 6) is 1.17. The van der Waals surface area contributed by atoms with Crippen LogP contribution in [0, 0.1) is 20.8 Å². The number of anilines is 1. The SMILES string of the molecule is Cc1nc2ccccc2c(C)c1C(=O)Nc1nnc(C)n1C1CC1. The van der Waals surface area contributed by atoms with Crippen molar-refractivity contribution in [1.82, 2.24) is 19.7 Å². The lowest BCUT2D eigenvalue weighted by atomic mass is 10.0. The first-order chi connectivity index (χ1) is 11.6. The van der Waals surface area contributed by atoms with Gasteiger partial charge in [-0.25, -0.2) is 0 Å². The Labute approximate surface area is 139 Å². The van der Waals surface area contributed by atoms with Gasteiger partial charge in [0.05, 0.1) is 16.8 Å². The molecule has 4 rings (SSSR count). The average molecular weight is 321 g/mol. The minimum absolute atomic E-state index is 0.183. The summed E-state index contributed by atoms with van der Waals surface area (Å²) in [6.45, 7) is 5.74. The Kier molecular flexibility index (Phi) is 3.33. The van der Waals surface area contributed by atoms with Crippen LogP contribution in [0.2, 0.25) is 0 Å². The van der Waals surface area contributed by atoms with Gasteiger partial charge < -0.3 is 0 Å². The maximum atomic E-state index is 12.9. The Bertz CT molecular complexity index is 955. The predicted octanol–water partition coefficient (Wildman–Crippen LogP) is 3.34. The third-order valence-electron chi connectivity index (χ3n) is 4.56. The molecular formula is C18H19N5O. The molecule has 122 valence electrons. The molecule has 0 radical (unpaired) electrons. The molecule has 1 aromatic carbocycles. The zero-order valence-electron chi connectivity index (χ0n) is 14.0. The van der Waals surface area contributed by atoms with Crippen molar-refractivity contribution in [1.29, 1.82) is 0 Å². The number of nitrogens with one attached hydrogen (secondary N) is 1. The summed E-state index contributed by atoms with van der Waals surface area (Å²) in [6, 6.07) is 8.28.